The molecule has 0 atom stereocenters. The molecule has 106 valence electrons. The zero-order valence-corrected chi connectivity index (χ0v) is 12.7. The maximum atomic E-state index is 13.5. The van der Waals surface area contributed by atoms with Gasteiger partial charge in [-0.15, -0.1) is 0 Å². The number of halogens is 3. The molecule has 0 aliphatic heterocycles. The molecule has 1 aromatic carbocycles. The first-order chi connectivity index (χ1) is 8.95. The van der Waals surface area contributed by atoms with Crippen LogP contribution in [0.15, 0.2) is 18.2 Å². The molecule has 0 fully saturated rings. The van der Waals surface area contributed by atoms with Gasteiger partial charge in [-0.2, -0.15) is 0 Å². The Kier molecular flexibility index (Phi) is 6.42. The van der Waals surface area contributed by atoms with Gasteiger partial charge in [0, 0.05) is 24.0 Å². The lowest BCUT2D eigenvalue weighted by Gasteiger charge is -2.26. The maximum absolute atomic E-state index is 13.5. The van der Waals surface area contributed by atoms with E-state index < -0.39 is 11.6 Å². The van der Waals surface area contributed by atoms with Crippen molar-refractivity contribution in [2.24, 2.45) is 0 Å². The van der Waals surface area contributed by atoms with Crippen LogP contribution in [0.1, 0.15) is 25.8 Å². The lowest BCUT2D eigenvalue weighted by Crippen LogP contribution is -2.39. The Morgan fingerprint density at radius 1 is 1.37 bits per heavy atom. The standard InChI is InChI=1S/C14H18BrF2NO/c1-10(2)18(7-3-6-15)14(19)8-11-4-5-12(16)9-13(11)17/h4-5,9-10H,3,6-8H2,1-2H3. The third-order valence-corrected chi connectivity index (χ3v) is 3.39. The Morgan fingerprint density at radius 3 is 2.58 bits per heavy atom. The highest BCUT2D eigenvalue weighted by atomic mass is 79.9. The maximum Gasteiger partial charge on any atom is 0.227 e. The lowest BCUT2D eigenvalue weighted by molar-refractivity contribution is -0.132. The molecule has 1 rings (SSSR count). The SMILES string of the molecule is CC(C)N(CCCBr)C(=O)Cc1ccc(F)cc1F. The smallest absolute Gasteiger partial charge is 0.227 e. The summed E-state index contributed by atoms with van der Waals surface area (Å²) in [4.78, 5) is 13.9. The number of rotatable bonds is 6. The van der Waals surface area contributed by atoms with E-state index in [1.165, 1.54) is 12.1 Å². The number of carbonyl (C=O) groups is 1. The molecule has 0 unspecified atom stereocenters. The Balaban J connectivity index is 2.75. The molecular weight excluding hydrogens is 316 g/mol. The van der Waals surface area contributed by atoms with Crippen molar-refractivity contribution in [2.75, 3.05) is 11.9 Å². The normalized spacial score (nSPS) is 10.8. The van der Waals surface area contributed by atoms with Gasteiger partial charge in [0.1, 0.15) is 11.6 Å². The predicted octanol–water partition coefficient (Wildman–Crippen LogP) is 3.53. The Labute approximate surface area is 120 Å². The molecule has 1 amide bonds. The van der Waals surface area contributed by atoms with E-state index in [0.717, 1.165) is 17.8 Å². The van der Waals surface area contributed by atoms with E-state index in [-0.39, 0.29) is 23.9 Å². The van der Waals surface area contributed by atoms with Crippen molar-refractivity contribution in [3.8, 4) is 0 Å². The molecule has 0 aromatic heterocycles. The van der Waals surface area contributed by atoms with Crippen LogP contribution in [0, 0.1) is 11.6 Å². The third-order valence-electron chi connectivity index (χ3n) is 2.83. The van der Waals surface area contributed by atoms with E-state index in [9.17, 15) is 13.6 Å². The van der Waals surface area contributed by atoms with Gasteiger partial charge >= 0.3 is 0 Å². The summed E-state index contributed by atoms with van der Waals surface area (Å²) in [6, 6.07) is 3.37. The van der Waals surface area contributed by atoms with Crippen LogP contribution in [0.5, 0.6) is 0 Å². The van der Waals surface area contributed by atoms with Gasteiger partial charge in [0.2, 0.25) is 5.91 Å². The number of hydrogen-bond acceptors (Lipinski definition) is 1. The van der Waals surface area contributed by atoms with E-state index in [4.69, 9.17) is 0 Å². The predicted molar refractivity (Wildman–Crippen MR) is 75.3 cm³/mol. The lowest BCUT2D eigenvalue weighted by atomic mass is 10.1. The second-order valence-corrected chi connectivity index (χ2v) is 5.43. The first-order valence-electron chi connectivity index (χ1n) is 6.25. The molecule has 0 aliphatic carbocycles. The van der Waals surface area contributed by atoms with E-state index in [2.05, 4.69) is 15.9 Å². The van der Waals surface area contributed by atoms with Crippen molar-refractivity contribution >= 4 is 21.8 Å². The van der Waals surface area contributed by atoms with Crippen molar-refractivity contribution in [2.45, 2.75) is 32.7 Å². The van der Waals surface area contributed by atoms with Crippen molar-refractivity contribution in [1.82, 2.24) is 4.90 Å². The van der Waals surface area contributed by atoms with Gasteiger partial charge in [-0.25, -0.2) is 8.78 Å². The molecule has 0 spiro atoms. The number of alkyl halides is 1. The Hall–Kier alpha value is -0.970. The fraction of sp³-hybridized carbons (Fsp3) is 0.500. The summed E-state index contributed by atoms with van der Waals surface area (Å²) >= 11 is 3.32. The Bertz CT molecular complexity index is 437. The van der Waals surface area contributed by atoms with Crippen LogP contribution in [0.25, 0.3) is 0 Å². The summed E-state index contributed by atoms with van der Waals surface area (Å²) in [6.45, 7) is 4.48. The van der Waals surface area contributed by atoms with Gasteiger partial charge in [0.15, 0.2) is 0 Å². The topological polar surface area (TPSA) is 20.3 Å². The highest BCUT2D eigenvalue weighted by Gasteiger charge is 2.18. The highest BCUT2D eigenvalue weighted by Crippen LogP contribution is 2.13. The van der Waals surface area contributed by atoms with Gasteiger partial charge in [-0.3, -0.25) is 4.79 Å². The van der Waals surface area contributed by atoms with Crippen molar-refractivity contribution in [3.05, 3.63) is 35.4 Å². The molecule has 5 heteroatoms. The molecule has 0 saturated heterocycles. The van der Waals surface area contributed by atoms with Crippen LogP contribution < -0.4 is 0 Å². The fourth-order valence-corrected chi connectivity index (χ4v) is 2.08. The van der Waals surface area contributed by atoms with Gasteiger partial charge in [-0.05, 0) is 31.9 Å². The molecule has 0 saturated carbocycles. The number of nitrogens with zero attached hydrogens (tertiary/aromatic N) is 1. The average Bonchev–Trinajstić information content (AvgIpc) is 2.33. The molecule has 2 nitrogen and oxygen atoms in total. The molecule has 0 N–H and O–H groups in total. The highest BCUT2D eigenvalue weighted by molar-refractivity contribution is 9.09. The second-order valence-electron chi connectivity index (χ2n) is 4.64. The second kappa shape index (κ2) is 7.58. The van der Waals surface area contributed by atoms with Crippen LogP contribution >= 0.6 is 15.9 Å². The molecule has 0 heterocycles. The van der Waals surface area contributed by atoms with Crippen LogP contribution in [-0.4, -0.2) is 28.7 Å². The van der Waals surface area contributed by atoms with Crippen LogP contribution in [-0.2, 0) is 11.2 Å². The largest absolute Gasteiger partial charge is 0.340 e. The summed E-state index contributed by atoms with van der Waals surface area (Å²) < 4.78 is 26.3. The summed E-state index contributed by atoms with van der Waals surface area (Å²) in [5.74, 6) is -1.44. The first-order valence-corrected chi connectivity index (χ1v) is 7.37. The third kappa shape index (κ3) is 4.90. The molecular formula is C14H18BrF2NO. The number of hydrogen-bond donors (Lipinski definition) is 0. The van der Waals surface area contributed by atoms with Crippen molar-refractivity contribution < 1.29 is 13.6 Å². The van der Waals surface area contributed by atoms with E-state index in [0.29, 0.717) is 6.54 Å². The summed E-state index contributed by atoms with van der Waals surface area (Å²) in [7, 11) is 0. The van der Waals surface area contributed by atoms with E-state index >= 15 is 0 Å². The summed E-state index contributed by atoms with van der Waals surface area (Å²) in [5.41, 5.74) is 0.232. The summed E-state index contributed by atoms with van der Waals surface area (Å²) in [5, 5.41) is 0.814. The minimum Gasteiger partial charge on any atom is -0.340 e. The molecule has 1 aromatic rings. The van der Waals surface area contributed by atoms with Crippen molar-refractivity contribution in [1.29, 1.82) is 0 Å². The average molecular weight is 334 g/mol. The number of amides is 1. The molecule has 0 bridgehead atoms. The van der Waals surface area contributed by atoms with Crippen LogP contribution in [0.2, 0.25) is 0 Å². The summed E-state index contributed by atoms with van der Waals surface area (Å²) in [6.07, 6.45) is 0.808. The van der Waals surface area contributed by atoms with E-state index in [1.54, 1.807) is 4.90 Å². The zero-order chi connectivity index (χ0) is 14.4. The van der Waals surface area contributed by atoms with Crippen LogP contribution in [0.4, 0.5) is 8.78 Å². The molecule has 19 heavy (non-hydrogen) atoms. The number of benzene rings is 1. The van der Waals surface area contributed by atoms with Gasteiger partial charge in [0.25, 0.3) is 0 Å². The van der Waals surface area contributed by atoms with Gasteiger partial charge in [-0.1, -0.05) is 22.0 Å². The molecule has 0 aliphatic rings. The first kappa shape index (κ1) is 16.1. The minimum atomic E-state index is -0.669. The fourth-order valence-electron chi connectivity index (χ4n) is 1.83. The zero-order valence-electron chi connectivity index (χ0n) is 11.1. The minimum absolute atomic E-state index is 0.0351. The monoisotopic (exact) mass is 333 g/mol. The van der Waals surface area contributed by atoms with Gasteiger partial charge in [0.05, 0.1) is 6.42 Å². The quantitative estimate of drug-likeness (QED) is 0.729. The van der Waals surface area contributed by atoms with Gasteiger partial charge < -0.3 is 4.90 Å². The van der Waals surface area contributed by atoms with Crippen molar-refractivity contribution in [3.63, 3.8) is 0 Å². The van der Waals surface area contributed by atoms with Crippen LogP contribution in [0.3, 0.4) is 0 Å². The van der Waals surface area contributed by atoms with E-state index in [1.807, 2.05) is 13.8 Å². The Morgan fingerprint density at radius 2 is 2.05 bits per heavy atom. The number of carbonyl (C=O) groups excluding carboxylic acids is 1. The molecule has 0 radical (unpaired) electrons.